The highest BCUT2D eigenvalue weighted by molar-refractivity contribution is 5.89. The van der Waals surface area contributed by atoms with Crippen molar-refractivity contribution in [1.29, 1.82) is 0 Å². The molecule has 3 heterocycles. The smallest absolute Gasteiger partial charge is 0.322 e. The van der Waals surface area contributed by atoms with E-state index in [0.29, 0.717) is 6.04 Å². The van der Waals surface area contributed by atoms with Gasteiger partial charge in [0.2, 0.25) is 0 Å². The zero-order chi connectivity index (χ0) is 16.5. The lowest BCUT2D eigenvalue weighted by Crippen LogP contribution is -2.40. The van der Waals surface area contributed by atoms with Crippen molar-refractivity contribution in [2.45, 2.75) is 51.2 Å². The molecule has 2 aliphatic rings. The van der Waals surface area contributed by atoms with E-state index in [2.05, 4.69) is 22.3 Å². The van der Waals surface area contributed by atoms with Crippen LogP contribution in [0.5, 0.6) is 0 Å². The lowest BCUT2D eigenvalue weighted by Gasteiger charge is -2.25. The number of carbonyl (C=O) groups is 1. The maximum atomic E-state index is 12.6. The van der Waals surface area contributed by atoms with Gasteiger partial charge in [0.1, 0.15) is 0 Å². The van der Waals surface area contributed by atoms with Gasteiger partial charge in [-0.3, -0.25) is 4.68 Å². The number of anilines is 1. The van der Waals surface area contributed by atoms with E-state index in [1.54, 1.807) is 18.7 Å². The fraction of sp³-hybridized carbons (Fsp3) is 0.588. The predicted molar refractivity (Wildman–Crippen MR) is 90.6 cm³/mol. The molecule has 0 spiro atoms. The average Bonchev–Trinajstić information content (AvgIpc) is 2.97. The summed E-state index contributed by atoms with van der Waals surface area (Å²) in [5.41, 5.74) is 0.779. The van der Waals surface area contributed by atoms with Crippen LogP contribution in [0.4, 0.5) is 10.5 Å². The first-order valence-electron chi connectivity index (χ1n) is 8.78. The molecule has 4 rings (SSSR count). The molecule has 2 aromatic heterocycles. The van der Waals surface area contributed by atoms with E-state index in [0.717, 1.165) is 37.5 Å². The molecule has 24 heavy (non-hydrogen) atoms. The number of amides is 2. The molecule has 1 aliphatic carbocycles. The van der Waals surface area contributed by atoms with Crippen LogP contribution in [0.15, 0.2) is 31.1 Å². The van der Waals surface area contributed by atoms with Crippen molar-refractivity contribution < 1.29 is 4.79 Å². The van der Waals surface area contributed by atoms with Gasteiger partial charge in [0.15, 0.2) is 0 Å². The van der Waals surface area contributed by atoms with Crippen LogP contribution in [0.1, 0.15) is 38.6 Å². The van der Waals surface area contributed by atoms with Crippen LogP contribution in [0.3, 0.4) is 0 Å². The normalized spacial score (nSPS) is 21.9. The highest BCUT2D eigenvalue weighted by Crippen LogP contribution is 2.39. The molecule has 0 unspecified atom stereocenters. The van der Waals surface area contributed by atoms with Gasteiger partial charge in [-0.2, -0.15) is 5.10 Å². The monoisotopic (exact) mass is 328 g/mol. The van der Waals surface area contributed by atoms with Gasteiger partial charge in [-0.05, 0) is 38.5 Å². The van der Waals surface area contributed by atoms with Crippen molar-refractivity contribution in [2.75, 3.05) is 11.9 Å². The summed E-state index contributed by atoms with van der Waals surface area (Å²) in [6, 6.07) is 0.604. The third-order valence-corrected chi connectivity index (χ3v) is 5.19. The maximum absolute atomic E-state index is 12.6. The van der Waals surface area contributed by atoms with Gasteiger partial charge in [-0.1, -0.05) is 0 Å². The number of nitrogens with zero attached hydrogens (tertiary/aromatic N) is 5. The molecule has 1 aliphatic heterocycles. The standard InChI is InChI=1S/C17H24N6O/c1-13(14-4-5-14)23-10-15(9-19-23)20-17(24)22-7-2-3-16(22)11-21-8-6-18-12-21/h6,8-10,12-14,16H,2-5,7,11H2,1H3,(H,20,24)/t13-,16-/m1/s1. The number of rotatable bonds is 5. The summed E-state index contributed by atoms with van der Waals surface area (Å²) in [5.74, 6) is 0.742. The molecule has 2 fully saturated rings. The molecule has 2 amide bonds. The number of carbonyl (C=O) groups excluding carboxylic acids is 1. The average molecular weight is 328 g/mol. The minimum atomic E-state index is -0.0313. The Morgan fingerprint density at radius 1 is 1.42 bits per heavy atom. The first kappa shape index (κ1) is 15.2. The second-order valence-corrected chi connectivity index (χ2v) is 6.97. The van der Waals surface area contributed by atoms with Gasteiger partial charge in [0, 0.05) is 31.7 Å². The largest absolute Gasteiger partial charge is 0.335 e. The summed E-state index contributed by atoms with van der Waals surface area (Å²) >= 11 is 0. The first-order valence-corrected chi connectivity index (χ1v) is 8.78. The van der Waals surface area contributed by atoms with Crippen LogP contribution in [-0.4, -0.2) is 42.8 Å². The summed E-state index contributed by atoms with van der Waals surface area (Å²) in [5, 5.41) is 7.41. The highest BCUT2D eigenvalue weighted by atomic mass is 16.2. The lowest BCUT2D eigenvalue weighted by atomic mass is 10.2. The Kier molecular flexibility index (Phi) is 4.00. The lowest BCUT2D eigenvalue weighted by molar-refractivity contribution is 0.201. The van der Waals surface area contributed by atoms with Gasteiger partial charge in [-0.25, -0.2) is 9.78 Å². The van der Waals surface area contributed by atoms with E-state index < -0.39 is 0 Å². The SMILES string of the molecule is C[C@H](C1CC1)n1cc(NC(=O)N2CCC[C@@H]2Cn2ccnc2)cn1. The summed E-state index contributed by atoms with van der Waals surface area (Å²) < 4.78 is 4.01. The summed E-state index contributed by atoms with van der Waals surface area (Å²) in [6.45, 7) is 3.79. The third kappa shape index (κ3) is 3.16. The van der Waals surface area contributed by atoms with Gasteiger partial charge >= 0.3 is 6.03 Å². The molecule has 7 heteroatoms. The van der Waals surface area contributed by atoms with Crippen LogP contribution in [0.2, 0.25) is 0 Å². The summed E-state index contributed by atoms with van der Waals surface area (Å²) in [4.78, 5) is 18.6. The molecule has 0 aromatic carbocycles. The quantitative estimate of drug-likeness (QED) is 0.917. The number of imidazole rings is 1. The number of aromatic nitrogens is 4. The van der Waals surface area contributed by atoms with E-state index in [-0.39, 0.29) is 12.1 Å². The van der Waals surface area contributed by atoms with E-state index in [4.69, 9.17) is 0 Å². The molecule has 1 N–H and O–H groups in total. The molecule has 128 valence electrons. The minimum Gasteiger partial charge on any atom is -0.335 e. The van der Waals surface area contributed by atoms with E-state index in [1.165, 1.54) is 12.8 Å². The fourth-order valence-electron chi connectivity index (χ4n) is 3.55. The Labute approximate surface area is 141 Å². The predicted octanol–water partition coefficient (Wildman–Crippen LogP) is 2.75. The van der Waals surface area contributed by atoms with Gasteiger partial charge in [-0.15, -0.1) is 0 Å². The highest BCUT2D eigenvalue weighted by Gasteiger charge is 2.31. The van der Waals surface area contributed by atoms with Crippen molar-refractivity contribution in [3.8, 4) is 0 Å². The van der Waals surface area contributed by atoms with Gasteiger partial charge in [0.25, 0.3) is 0 Å². The molecule has 2 atom stereocenters. The van der Waals surface area contributed by atoms with Crippen LogP contribution in [-0.2, 0) is 6.54 Å². The van der Waals surface area contributed by atoms with Crippen LogP contribution in [0.25, 0.3) is 0 Å². The molecule has 1 saturated carbocycles. The Bertz CT molecular complexity index is 690. The topological polar surface area (TPSA) is 68.0 Å². The van der Waals surface area contributed by atoms with Crippen molar-refractivity contribution in [3.63, 3.8) is 0 Å². The van der Waals surface area contributed by atoms with E-state index >= 15 is 0 Å². The van der Waals surface area contributed by atoms with Crippen LogP contribution >= 0.6 is 0 Å². The maximum Gasteiger partial charge on any atom is 0.322 e. The fourth-order valence-corrected chi connectivity index (χ4v) is 3.55. The first-order chi connectivity index (χ1) is 11.7. The molecule has 2 aromatic rings. The Balaban J connectivity index is 1.38. The zero-order valence-corrected chi connectivity index (χ0v) is 14.0. The third-order valence-electron chi connectivity index (χ3n) is 5.19. The number of hydrogen-bond acceptors (Lipinski definition) is 3. The minimum absolute atomic E-state index is 0.0313. The second kappa shape index (κ2) is 6.30. The Morgan fingerprint density at radius 3 is 3.04 bits per heavy atom. The summed E-state index contributed by atoms with van der Waals surface area (Å²) in [7, 11) is 0. The number of hydrogen-bond donors (Lipinski definition) is 1. The Hall–Kier alpha value is -2.31. The number of urea groups is 1. The Morgan fingerprint density at radius 2 is 2.29 bits per heavy atom. The molecular formula is C17H24N6O. The van der Waals surface area contributed by atoms with Crippen molar-refractivity contribution in [2.24, 2.45) is 5.92 Å². The number of nitrogens with one attached hydrogen (secondary N) is 1. The van der Waals surface area contributed by atoms with E-state index in [9.17, 15) is 4.79 Å². The molecule has 0 radical (unpaired) electrons. The zero-order valence-electron chi connectivity index (χ0n) is 14.0. The van der Waals surface area contributed by atoms with Gasteiger partial charge in [0.05, 0.1) is 30.3 Å². The van der Waals surface area contributed by atoms with Crippen molar-refractivity contribution in [1.82, 2.24) is 24.2 Å². The van der Waals surface area contributed by atoms with Crippen LogP contribution in [0, 0.1) is 5.92 Å². The van der Waals surface area contributed by atoms with E-state index in [1.807, 2.05) is 26.5 Å². The molecule has 1 saturated heterocycles. The van der Waals surface area contributed by atoms with Crippen LogP contribution < -0.4 is 5.32 Å². The number of likely N-dealkylation sites (tertiary alicyclic amines) is 1. The van der Waals surface area contributed by atoms with Gasteiger partial charge < -0.3 is 14.8 Å². The second-order valence-electron chi connectivity index (χ2n) is 6.97. The summed E-state index contributed by atoms with van der Waals surface area (Å²) in [6.07, 6.45) is 13.9. The van der Waals surface area contributed by atoms with Crippen molar-refractivity contribution in [3.05, 3.63) is 31.1 Å². The molecule has 0 bridgehead atoms. The van der Waals surface area contributed by atoms with Crippen molar-refractivity contribution >= 4 is 11.7 Å². The molecular weight excluding hydrogens is 304 g/mol. The molecule has 7 nitrogen and oxygen atoms in total.